The summed E-state index contributed by atoms with van der Waals surface area (Å²) in [5.74, 6) is 0. The Kier molecular flexibility index (Phi) is 3.80. The number of aliphatic hydroxyl groups is 4. The van der Waals surface area contributed by atoms with Crippen molar-refractivity contribution in [2.45, 2.75) is 31.0 Å². The Bertz CT molecular complexity index is 604. The van der Waals surface area contributed by atoms with Crippen molar-refractivity contribution >= 4 is 0 Å². The summed E-state index contributed by atoms with van der Waals surface area (Å²) in [6, 6.07) is 0. The molecular formula is C11H16N2O7. The van der Waals surface area contributed by atoms with Gasteiger partial charge in [-0.2, -0.15) is 0 Å². The molecule has 9 heteroatoms. The molecule has 0 bridgehead atoms. The van der Waals surface area contributed by atoms with Gasteiger partial charge < -0.3 is 25.2 Å². The number of nitrogens with one attached hydrogen (secondary N) is 1. The van der Waals surface area contributed by atoms with E-state index in [-0.39, 0.29) is 5.56 Å². The lowest BCUT2D eigenvalue weighted by Crippen LogP contribution is -2.49. The zero-order valence-corrected chi connectivity index (χ0v) is 10.7. The predicted octanol–water partition coefficient (Wildman–Crippen LogP) is -3.18. The molecule has 9 nitrogen and oxygen atoms in total. The fourth-order valence-electron chi connectivity index (χ4n) is 2.16. The van der Waals surface area contributed by atoms with E-state index in [1.807, 2.05) is 4.98 Å². The van der Waals surface area contributed by atoms with E-state index in [1.54, 1.807) is 0 Å². The van der Waals surface area contributed by atoms with E-state index in [9.17, 15) is 30.0 Å². The molecule has 0 amide bonds. The van der Waals surface area contributed by atoms with Crippen LogP contribution in [0.4, 0.5) is 0 Å². The smallest absolute Gasteiger partial charge is 0.330 e. The molecule has 1 aliphatic rings. The van der Waals surface area contributed by atoms with Gasteiger partial charge in [-0.15, -0.1) is 0 Å². The molecule has 3 atom stereocenters. The van der Waals surface area contributed by atoms with Gasteiger partial charge in [0.1, 0.15) is 17.8 Å². The van der Waals surface area contributed by atoms with Crippen LogP contribution in [0.3, 0.4) is 0 Å². The highest BCUT2D eigenvalue weighted by molar-refractivity contribution is 5.05. The molecule has 0 unspecified atom stereocenters. The molecule has 0 spiro atoms. The second-order valence-corrected chi connectivity index (χ2v) is 4.80. The molecule has 1 aromatic rings. The first kappa shape index (κ1) is 14.9. The normalized spacial score (nSPS) is 28.8. The summed E-state index contributed by atoms with van der Waals surface area (Å²) < 4.78 is 6.18. The summed E-state index contributed by atoms with van der Waals surface area (Å²) >= 11 is 0. The molecule has 1 aliphatic heterocycles. The summed E-state index contributed by atoms with van der Waals surface area (Å²) in [5.41, 5.74) is -2.97. The molecule has 20 heavy (non-hydrogen) atoms. The quantitative estimate of drug-likeness (QED) is 0.394. The maximum absolute atomic E-state index is 11.7. The summed E-state index contributed by atoms with van der Waals surface area (Å²) in [7, 11) is 0. The lowest BCUT2D eigenvalue weighted by atomic mass is 9.97. The molecule has 0 radical (unpaired) electrons. The van der Waals surface area contributed by atoms with E-state index < -0.39 is 48.5 Å². The number of ether oxygens (including phenoxy) is 1. The molecule has 112 valence electrons. The molecule has 0 aromatic carbocycles. The first-order valence-electron chi connectivity index (χ1n) is 5.94. The number of rotatable bonds is 3. The van der Waals surface area contributed by atoms with Gasteiger partial charge in [0.2, 0.25) is 0 Å². The third kappa shape index (κ3) is 2.09. The van der Waals surface area contributed by atoms with Crippen LogP contribution in [0.25, 0.3) is 0 Å². The first-order valence-corrected chi connectivity index (χ1v) is 5.94. The van der Waals surface area contributed by atoms with Crippen molar-refractivity contribution < 1.29 is 25.2 Å². The van der Waals surface area contributed by atoms with Gasteiger partial charge in [-0.05, 0) is 6.92 Å². The van der Waals surface area contributed by atoms with Crippen LogP contribution in [0, 0.1) is 6.92 Å². The Morgan fingerprint density at radius 2 is 1.95 bits per heavy atom. The minimum Gasteiger partial charge on any atom is -0.393 e. The van der Waals surface area contributed by atoms with Gasteiger partial charge in [0.15, 0.2) is 6.23 Å². The van der Waals surface area contributed by atoms with Gasteiger partial charge in [-0.25, -0.2) is 4.79 Å². The third-order valence-electron chi connectivity index (χ3n) is 3.47. The van der Waals surface area contributed by atoms with E-state index in [2.05, 4.69) is 0 Å². The van der Waals surface area contributed by atoms with E-state index in [0.717, 1.165) is 4.57 Å². The van der Waals surface area contributed by atoms with Crippen molar-refractivity contribution in [3.05, 3.63) is 32.6 Å². The largest absolute Gasteiger partial charge is 0.393 e. The highest BCUT2D eigenvalue weighted by Gasteiger charge is 2.54. The highest BCUT2D eigenvalue weighted by Crippen LogP contribution is 2.36. The van der Waals surface area contributed by atoms with Crippen LogP contribution in [0.15, 0.2) is 15.8 Å². The lowest BCUT2D eigenvalue weighted by Gasteiger charge is -2.27. The Balaban J connectivity index is 2.47. The van der Waals surface area contributed by atoms with E-state index in [1.165, 1.54) is 13.1 Å². The summed E-state index contributed by atoms with van der Waals surface area (Å²) in [5, 5.41) is 38.3. The molecule has 1 saturated heterocycles. The Morgan fingerprint density at radius 3 is 2.45 bits per heavy atom. The fourth-order valence-corrected chi connectivity index (χ4v) is 2.16. The van der Waals surface area contributed by atoms with Gasteiger partial charge in [0.25, 0.3) is 5.56 Å². The molecule has 5 N–H and O–H groups in total. The number of H-pyrrole nitrogens is 1. The van der Waals surface area contributed by atoms with E-state index >= 15 is 0 Å². The zero-order valence-electron chi connectivity index (χ0n) is 10.7. The van der Waals surface area contributed by atoms with Crippen molar-refractivity contribution in [1.29, 1.82) is 0 Å². The van der Waals surface area contributed by atoms with Crippen LogP contribution in [0.1, 0.15) is 11.8 Å². The van der Waals surface area contributed by atoms with Crippen LogP contribution in [-0.4, -0.2) is 61.0 Å². The minimum absolute atomic E-state index is 0.209. The number of hydrogen-bond acceptors (Lipinski definition) is 7. The van der Waals surface area contributed by atoms with Gasteiger partial charge in [0.05, 0.1) is 13.2 Å². The predicted molar refractivity (Wildman–Crippen MR) is 65.1 cm³/mol. The van der Waals surface area contributed by atoms with Crippen LogP contribution in [0.5, 0.6) is 0 Å². The number of aromatic nitrogens is 2. The number of aliphatic hydroxyl groups excluding tert-OH is 4. The van der Waals surface area contributed by atoms with E-state index in [0.29, 0.717) is 0 Å². The average molecular weight is 288 g/mol. The molecule has 0 aliphatic carbocycles. The van der Waals surface area contributed by atoms with Crippen LogP contribution in [0.2, 0.25) is 0 Å². The molecule has 2 rings (SSSR count). The van der Waals surface area contributed by atoms with Crippen LogP contribution < -0.4 is 11.2 Å². The zero-order chi connectivity index (χ0) is 15.1. The van der Waals surface area contributed by atoms with Gasteiger partial charge in [0, 0.05) is 11.8 Å². The summed E-state index contributed by atoms with van der Waals surface area (Å²) in [6.07, 6.45) is -3.28. The second-order valence-electron chi connectivity index (χ2n) is 4.80. The lowest BCUT2D eigenvalue weighted by molar-refractivity contribution is -0.150. The number of hydrogen-bond donors (Lipinski definition) is 5. The maximum Gasteiger partial charge on any atom is 0.330 e. The van der Waals surface area contributed by atoms with Crippen LogP contribution in [-0.2, 0) is 4.74 Å². The SMILES string of the molecule is Cc1cn([C@@H]2OC(CO)(CO)[C@@H](O)[C@H]2O)c(=O)[nH]c1=O. The molecule has 1 fully saturated rings. The summed E-state index contributed by atoms with van der Waals surface area (Å²) in [4.78, 5) is 25.1. The number of aromatic amines is 1. The molecular weight excluding hydrogens is 272 g/mol. The average Bonchev–Trinajstić information content (AvgIpc) is 2.68. The first-order chi connectivity index (χ1) is 9.36. The minimum atomic E-state index is -1.77. The highest BCUT2D eigenvalue weighted by atomic mass is 16.6. The maximum atomic E-state index is 11.7. The van der Waals surface area contributed by atoms with Gasteiger partial charge in [-0.1, -0.05) is 0 Å². The Labute approximate surface area is 112 Å². The third-order valence-corrected chi connectivity index (χ3v) is 3.47. The molecule has 1 aromatic heterocycles. The van der Waals surface area contributed by atoms with Crippen molar-refractivity contribution in [3.63, 3.8) is 0 Å². The van der Waals surface area contributed by atoms with Crippen LogP contribution >= 0.6 is 0 Å². The second kappa shape index (κ2) is 5.11. The molecule has 0 saturated carbocycles. The molecule has 2 heterocycles. The van der Waals surface area contributed by atoms with Crippen molar-refractivity contribution in [3.8, 4) is 0 Å². The van der Waals surface area contributed by atoms with Crippen molar-refractivity contribution in [1.82, 2.24) is 9.55 Å². The van der Waals surface area contributed by atoms with Crippen molar-refractivity contribution in [2.24, 2.45) is 0 Å². The van der Waals surface area contributed by atoms with Gasteiger partial charge >= 0.3 is 5.69 Å². The Morgan fingerprint density at radius 1 is 1.35 bits per heavy atom. The Hall–Kier alpha value is -1.52. The van der Waals surface area contributed by atoms with Crippen molar-refractivity contribution in [2.75, 3.05) is 13.2 Å². The topological polar surface area (TPSA) is 145 Å². The summed E-state index contributed by atoms with van der Waals surface area (Å²) in [6.45, 7) is -0.0253. The van der Waals surface area contributed by atoms with Gasteiger partial charge in [-0.3, -0.25) is 14.3 Å². The number of nitrogens with zero attached hydrogens (tertiary/aromatic N) is 1. The standard InChI is InChI=1S/C11H16N2O7/c1-5-2-13(10(19)12-8(5)18)9-6(16)7(17)11(3-14,4-15)20-9/h2,6-7,9,14-17H,3-4H2,1H3,(H,12,18,19)/t6-,7+,9-/m1/s1. The monoisotopic (exact) mass is 288 g/mol. The van der Waals surface area contributed by atoms with E-state index in [4.69, 9.17) is 4.74 Å². The fraction of sp³-hybridized carbons (Fsp3) is 0.636. The number of aryl methyl sites for hydroxylation is 1.